The Kier molecular flexibility index (Phi) is 5.22. The number of carbonyl (C=O) groups excluding carboxylic acids is 1. The van der Waals surface area contributed by atoms with Crippen molar-refractivity contribution in [1.29, 1.82) is 0 Å². The zero-order chi connectivity index (χ0) is 21.4. The standard InChI is InChI=1S/C26H30N2O3/c1-3-15-31-24-12-7-5-10-21(24)22-16-20-18-27(17-19-9-4-6-11-23(19)30-2)25(29)26(20)13-8-14-28(22)26/h3-7,9-12,20,22H,1,8,13-18H2,2H3/t20-,22-,26-/m0/s1. The van der Waals surface area contributed by atoms with E-state index in [1.165, 1.54) is 5.56 Å². The number of hydrogen-bond acceptors (Lipinski definition) is 4. The van der Waals surface area contributed by atoms with Gasteiger partial charge in [-0.1, -0.05) is 49.1 Å². The second-order valence-electron chi connectivity index (χ2n) is 8.80. The molecule has 0 aliphatic carbocycles. The van der Waals surface area contributed by atoms with Crippen molar-refractivity contribution >= 4 is 5.91 Å². The van der Waals surface area contributed by atoms with Gasteiger partial charge < -0.3 is 14.4 Å². The van der Waals surface area contributed by atoms with Crippen LogP contribution in [-0.2, 0) is 11.3 Å². The van der Waals surface area contributed by atoms with E-state index in [2.05, 4.69) is 34.6 Å². The lowest BCUT2D eigenvalue weighted by Gasteiger charge is -2.34. The van der Waals surface area contributed by atoms with E-state index >= 15 is 0 Å². The zero-order valence-corrected chi connectivity index (χ0v) is 18.1. The fourth-order valence-electron chi connectivity index (χ4n) is 6.09. The third-order valence-corrected chi connectivity index (χ3v) is 7.32. The highest BCUT2D eigenvalue weighted by Gasteiger charge is 2.65. The van der Waals surface area contributed by atoms with E-state index in [-0.39, 0.29) is 17.5 Å². The Bertz CT molecular complexity index is 990. The molecule has 1 spiro atoms. The molecular formula is C26H30N2O3. The van der Waals surface area contributed by atoms with Crippen molar-refractivity contribution in [2.45, 2.75) is 37.4 Å². The van der Waals surface area contributed by atoms with E-state index in [4.69, 9.17) is 9.47 Å². The Morgan fingerprint density at radius 1 is 1.16 bits per heavy atom. The molecule has 0 saturated carbocycles. The Balaban J connectivity index is 1.42. The van der Waals surface area contributed by atoms with Gasteiger partial charge in [-0.3, -0.25) is 9.69 Å². The smallest absolute Gasteiger partial charge is 0.243 e. The normalized spacial score (nSPS) is 27.3. The maximum atomic E-state index is 13.8. The van der Waals surface area contributed by atoms with Crippen molar-refractivity contribution in [2.24, 2.45) is 5.92 Å². The zero-order valence-electron chi connectivity index (χ0n) is 18.1. The molecule has 5 nitrogen and oxygen atoms in total. The van der Waals surface area contributed by atoms with Gasteiger partial charge in [0.1, 0.15) is 23.6 Å². The van der Waals surface area contributed by atoms with E-state index in [1.54, 1.807) is 13.2 Å². The summed E-state index contributed by atoms with van der Waals surface area (Å²) in [6.45, 7) is 6.64. The Hall–Kier alpha value is -2.79. The lowest BCUT2D eigenvalue weighted by atomic mass is 9.85. The van der Waals surface area contributed by atoms with Crippen molar-refractivity contribution in [1.82, 2.24) is 9.80 Å². The Morgan fingerprint density at radius 3 is 2.74 bits per heavy atom. The van der Waals surface area contributed by atoms with Crippen molar-refractivity contribution < 1.29 is 14.3 Å². The number of carbonyl (C=O) groups is 1. The average Bonchev–Trinajstić information content (AvgIpc) is 3.43. The maximum Gasteiger partial charge on any atom is 0.243 e. The SMILES string of the molecule is C=CCOc1ccccc1[C@@H]1C[C@H]2CN(Cc3ccccc3OC)C(=O)[C@]23CCCN13. The quantitative estimate of drug-likeness (QED) is 0.632. The van der Waals surface area contributed by atoms with Gasteiger partial charge in [0.2, 0.25) is 5.91 Å². The lowest BCUT2D eigenvalue weighted by molar-refractivity contribution is -0.137. The topological polar surface area (TPSA) is 42.0 Å². The van der Waals surface area contributed by atoms with E-state index in [9.17, 15) is 4.79 Å². The van der Waals surface area contributed by atoms with Crippen molar-refractivity contribution in [3.63, 3.8) is 0 Å². The average molecular weight is 419 g/mol. The third-order valence-electron chi connectivity index (χ3n) is 7.32. The minimum Gasteiger partial charge on any atom is -0.496 e. The van der Waals surface area contributed by atoms with E-state index in [0.29, 0.717) is 19.1 Å². The van der Waals surface area contributed by atoms with Crippen LogP contribution in [0.25, 0.3) is 0 Å². The minimum absolute atomic E-state index is 0.228. The summed E-state index contributed by atoms with van der Waals surface area (Å²) < 4.78 is 11.5. The van der Waals surface area contributed by atoms with Crippen LogP contribution in [0, 0.1) is 5.92 Å². The number of rotatable bonds is 7. The van der Waals surface area contributed by atoms with Gasteiger partial charge in [0.15, 0.2) is 0 Å². The molecule has 3 atom stereocenters. The number of benzene rings is 2. The first-order valence-electron chi connectivity index (χ1n) is 11.2. The second kappa shape index (κ2) is 8.04. The van der Waals surface area contributed by atoms with E-state index in [1.807, 2.05) is 30.3 Å². The van der Waals surface area contributed by atoms with Gasteiger partial charge in [-0.15, -0.1) is 0 Å². The molecule has 3 aliphatic heterocycles. The maximum absolute atomic E-state index is 13.8. The number of ether oxygens (including phenoxy) is 2. The second-order valence-corrected chi connectivity index (χ2v) is 8.80. The summed E-state index contributed by atoms with van der Waals surface area (Å²) in [5.41, 5.74) is 1.90. The Morgan fingerprint density at radius 2 is 1.94 bits per heavy atom. The van der Waals surface area contributed by atoms with Crippen molar-refractivity contribution in [2.75, 3.05) is 26.8 Å². The van der Waals surface area contributed by atoms with Crippen LogP contribution >= 0.6 is 0 Å². The van der Waals surface area contributed by atoms with Crippen molar-refractivity contribution in [3.8, 4) is 11.5 Å². The summed E-state index contributed by atoms with van der Waals surface area (Å²) in [7, 11) is 1.69. The molecule has 2 aromatic carbocycles. The molecule has 1 amide bonds. The number of para-hydroxylation sites is 2. The van der Waals surface area contributed by atoms with E-state index < -0.39 is 0 Å². The molecule has 0 bridgehead atoms. The highest BCUT2D eigenvalue weighted by Crippen LogP contribution is 2.57. The fourth-order valence-corrected chi connectivity index (χ4v) is 6.09. The van der Waals surface area contributed by atoms with Crippen LogP contribution in [0.15, 0.2) is 61.2 Å². The first kappa shape index (κ1) is 20.1. The molecule has 162 valence electrons. The molecular weight excluding hydrogens is 388 g/mol. The molecule has 3 fully saturated rings. The first-order chi connectivity index (χ1) is 15.2. The molecule has 5 rings (SSSR count). The predicted molar refractivity (Wildman–Crippen MR) is 120 cm³/mol. The molecule has 3 saturated heterocycles. The molecule has 2 aromatic rings. The molecule has 31 heavy (non-hydrogen) atoms. The molecule has 0 radical (unpaired) electrons. The van der Waals surface area contributed by atoms with Crippen LogP contribution in [0.2, 0.25) is 0 Å². The highest BCUT2D eigenvalue weighted by molar-refractivity contribution is 5.90. The summed E-state index contributed by atoms with van der Waals surface area (Å²) in [6.07, 6.45) is 4.78. The van der Waals surface area contributed by atoms with Gasteiger partial charge in [-0.25, -0.2) is 0 Å². The van der Waals surface area contributed by atoms with Gasteiger partial charge >= 0.3 is 0 Å². The molecule has 0 unspecified atom stereocenters. The summed E-state index contributed by atoms with van der Waals surface area (Å²) >= 11 is 0. The summed E-state index contributed by atoms with van der Waals surface area (Å²) in [6, 6.07) is 16.5. The van der Waals surface area contributed by atoms with Gasteiger partial charge in [-0.05, 0) is 37.9 Å². The van der Waals surface area contributed by atoms with Crippen LogP contribution in [0.5, 0.6) is 11.5 Å². The van der Waals surface area contributed by atoms with Crippen LogP contribution in [0.3, 0.4) is 0 Å². The monoisotopic (exact) mass is 418 g/mol. The number of nitrogens with zero attached hydrogens (tertiary/aromatic N) is 2. The fraction of sp³-hybridized carbons (Fsp3) is 0.423. The summed E-state index contributed by atoms with van der Waals surface area (Å²) in [5.74, 6) is 2.38. The number of methoxy groups -OCH3 is 1. The predicted octanol–water partition coefficient (Wildman–Crippen LogP) is 4.20. The Labute approximate surface area is 184 Å². The van der Waals surface area contributed by atoms with Crippen LogP contribution in [0.1, 0.15) is 36.4 Å². The largest absolute Gasteiger partial charge is 0.496 e. The van der Waals surface area contributed by atoms with Crippen LogP contribution in [-0.4, -0.2) is 48.1 Å². The minimum atomic E-state index is -0.363. The lowest BCUT2D eigenvalue weighted by Crippen LogP contribution is -2.49. The van der Waals surface area contributed by atoms with Gasteiger partial charge in [0, 0.05) is 36.2 Å². The number of hydrogen-bond donors (Lipinski definition) is 0. The van der Waals surface area contributed by atoms with Crippen LogP contribution in [0.4, 0.5) is 0 Å². The van der Waals surface area contributed by atoms with E-state index in [0.717, 1.165) is 49.4 Å². The highest BCUT2D eigenvalue weighted by atomic mass is 16.5. The molecule has 0 N–H and O–H groups in total. The number of likely N-dealkylation sites (tertiary alicyclic amines) is 1. The molecule has 5 heteroatoms. The van der Waals surface area contributed by atoms with Crippen molar-refractivity contribution in [3.05, 3.63) is 72.3 Å². The number of amides is 1. The summed E-state index contributed by atoms with van der Waals surface area (Å²) in [4.78, 5) is 18.4. The molecule has 0 aromatic heterocycles. The molecule has 3 aliphatic rings. The van der Waals surface area contributed by atoms with Gasteiger partial charge in [0.25, 0.3) is 0 Å². The summed E-state index contributed by atoms with van der Waals surface area (Å²) in [5, 5.41) is 0. The first-order valence-corrected chi connectivity index (χ1v) is 11.2. The third kappa shape index (κ3) is 3.14. The van der Waals surface area contributed by atoms with Crippen LogP contribution < -0.4 is 9.47 Å². The van der Waals surface area contributed by atoms with Gasteiger partial charge in [-0.2, -0.15) is 0 Å². The molecule has 3 heterocycles. The van der Waals surface area contributed by atoms with Gasteiger partial charge in [0.05, 0.1) is 7.11 Å².